The minimum atomic E-state index is 0.184. The van der Waals surface area contributed by atoms with Crippen LogP contribution in [0.3, 0.4) is 0 Å². The SMILES string of the molecule is CN=C(NCC(=O)N1CCCCC1)N(C)CCC1CCOCC1. The second-order valence-corrected chi connectivity index (χ2v) is 6.61. The number of hydrogen-bond donors (Lipinski definition) is 1. The van der Waals surface area contributed by atoms with Crippen molar-refractivity contribution in [3.05, 3.63) is 0 Å². The van der Waals surface area contributed by atoms with Crippen molar-refractivity contribution in [1.82, 2.24) is 15.1 Å². The molecule has 6 heteroatoms. The number of aliphatic imine (C=N–C) groups is 1. The van der Waals surface area contributed by atoms with Crippen LogP contribution in [0.1, 0.15) is 38.5 Å². The van der Waals surface area contributed by atoms with E-state index in [-0.39, 0.29) is 5.91 Å². The van der Waals surface area contributed by atoms with E-state index < -0.39 is 0 Å². The van der Waals surface area contributed by atoms with E-state index in [9.17, 15) is 4.79 Å². The Morgan fingerprint density at radius 3 is 2.61 bits per heavy atom. The average molecular weight is 324 g/mol. The van der Waals surface area contributed by atoms with Crippen LogP contribution in [0.4, 0.5) is 0 Å². The summed E-state index contributed by atoms with van der Waals surface area (Å²) >= 11 is 0. The Bertz CT molecular complexity index is 388. The van der Waals surface area contributed by atoms with Crippen molar-refractivity contribution in [2.45, 2.75) is 38.5 Å². The van der Waals surface area contributed by atoms with E-state index in [1.54, 1.807) is 7.05 Å². The average Bonchev–Trinajstić information content (AvgIpc) is 2.62. The molecule has 0 spiro atoms. The first kappa shape index (κ1) is 18.0. The van der Waals surface area contributed by atoms with Gasteiger partial charge < -0.3 is 19.9 Å². The second-order valence-electron chi connectivity index (χ2n) is 6.61. The van der Waals surface area contributed by atoms with Crippen LogP contribution in [-0.4, -0.2) is 75.2 Å². The van der Waals surface area contributed by atoms with Gasteiger partial charge in [0.1, 0.15) is 0 Å². The minimum Gasteiger partial charge on any atom is -0.381 e. The zero-order valence-corrected chi connectivity index (χ0v) is 14.7. The van der Waals surface area contributed by atoms with Crippen molar-refractivity contribution >= 4 is 11.9 Å². The number of nitrogens with one attached hydrogen (secondary N) is 1. The highest BCUT2D eigenvalue weighted by molar-refractivity contribution is 5.86. The van der Waals surface area contributed by atoms with Crippen LogP contribution in [-0.2, 0) is 9.53 Å². The van der Waals surface area contributed by atoms with Crippen LogP contribution < -0.4 is 5.32 Å². The molecule has 2 aliphatic rings. The lowest BCUT2D eigenvalue weighted by molar-refractivity contribution is -0.130. The van der Waals surface area contributed by atoms with Gasteiger partial charge in [-0.2, -0.15) is 0 Å². The summed E-state index contributed by atoms with van der Waals surface area (Å²) in [5, 5.41) is 3.21. The molecular weight excluding hydrogens is 292 g/mol. The number of hydrogen-bond acceptors (Lipinski definition) is 3. The third-order valence-electron chi connectivity index (χ3n) is 4.89. The van der Waals surface area contributed by atoms with E-state index in [2.05, 4.69) is 15.2 Å². The molecule has 2 heterocycles. The van der Waals surface area contributed by atoms with Gasteiger partial charge in [-0.05, 0) is 44.4 Å². The number of piperidine rings is 1. The number of likely N-dealkylation sites (tertiary alicyclic amines) is 1. The largest absolute Gasteiger partial charge is 0.381 e. The van der Waals surface area contributed by atoms with E-state index in [0.29, 0.717) is 6.54 Å². The lowest BCUT2D eigenvalue weighted by Gasteiger charge is -2.29. The minimum absolute atomic E-state index is 0.184. The summed E-state index contributed by atoms with van der Waals surface area (Å²) in [5.74, 6) is 1.74. The summed E-state index contributed by atoms with van der Waals surface area (Å²) in [6.07, 6.45) is 6.98. The number of carbonyl (C=O) groups excluding carboxylic acids is 1. The fraction of sp³-hybridized carbons (Fsp3) is 0.882. The predicted molar refractivity (Wildman–Crippen MR) is 92.6 cm³/mol. The number of carbonyl (C=O) groups is 1. The molecule has 0 atom stereocenters. The number of rotatable bonds is 5. The highest BCUT2D eigenvalue weighted by atomic mass is 16.5. The summed E-state index contributed by atoms with van der Waals surface area (Å²) in [7, 11) is 3.82. The molecule has 23 heavy (non-hydrogen) atoms. The van der Waals surface area contributed by atoms with Gasteiger partial charge >= 0.3 is 0 Å². The van der Waals surface area contributed by atoms with Crippen LogP contribution in [0.15, 0.2) is 4.99 Å². The number of nitrogens with zero attached hydrogens (tertiary/aromatic N) is 3. The molecule has 0 aromatic carbocycles. The van der Waals surface area contributed by atoms with E-state index in [1.807, 2.05) is 11.9 Å². The second kappa shape index (κ2) is 9.75. The fourth-order valence-corrected chi connectivity index (χ4v) is 3.31. The summed E-state index contributed by atoms with van der Waals surface area (Å²) < 4.78 is 5.41. The van der Waals surface area contributed by atoms with Gasteiger partial charge in [0, 0.05) is 46.9 Å². The monoisotopic (exact) mass is 324 g/mol. The van der Waals surface area contributed by atoms with Gasteiger partial charge in [-0.15, -0.1) is 0 Å². The molecule has 0 saturated carbocycles. The van der Waals surface area contributed by atoms with Crippen molar-refractivity contribution in [1.29, 1.82) is 0 Å². The maximum atomic E-state index is 12.2. The van der Waals surface area contributed by atoms with Crippen LogP contribution in [0, 0.1) is 5.92 Å². The van der Waals surface area contributed by atoms with Crippen LogP contribution in [0.25, 0.3) is 0 Å². The molecule has 0 aromatic rings. The Labute approximate surface area is 140 Å². The third kappa shape index (κ3) is 6.01. The van der Waals surface area contributed by atoms with Gasteiger partial charge in [0.25, 0.3) is 0 Å². The molecule has 1 N–H and O–H groups in total. The fourth-order valence-electron chi connectivity index (χ4n) is 3.31. The number of ether oxygens (including phenoxy) is 1. The van der Waals surface area contributed by atoms with Gasteiger partial charge in [-0.25, -0.2) is 0 Å². The Kier molecular flexibility index (Phi) is 7.65. The molecule has 2 fully saturated rings. The van der Waals surface area contributed by atoms with E-state index >= 15 is 0 Å². The molecule has 0 radical (unpaired) electrons. The topological polar surface area (TPSA) is 57.2 Å². The number of amides is 1. The highest BCUT2D eigenvalue weighted by Crippen LogP contribution is 2.18. The van der Waals surface area contributed by atoms with Crippen LogP contribution in [0.5, 0.6) is 0 Å². The predicted octanol–water partition coefficient (Wildman–Crippen LogP) is 1.32. The first-order valence-corrected chi connectivity index (χ1v) is 8.98. The zero-order chi connectivity index (χ0) is 16.5. The summed E-state index contributed by atoms with van der Waals surface area (Å²) in [6, 6.07) is 0. The summed E-state index contributed by atoms with van der Waals surface area (Å²) in [4.78, 5) is 20.6. The Morgan fingerprint density at radius 2 is 1.96 bits per heavy atom. The van der Waals surface area contributed by atoms with Crippen molar-refractivity contribution in [2.75, 3.05) is 53.5 Å². The Hall–Kier alpha value is -1.30. The maximum Gasteiger partial charge on any atom is 0.241 e. The Morgan fingerprint density at radius 1 is 1.26 bits per heavy atom. The smallest absolute Gasteiger partial charge is 0.241 e. The maximum absolute atomic E-state index is 12.2. The zero-order valence-electron chi connectivity index (χ0n) is 14.7. The molecule has 0 unspecified atom stereocenters. The molecule has 0 aromatic heterocycles. The quantitative estimate of drug-likeness (QED) is 0.612. The molecule has 2 aliphatic heterocycles. The molecular formula is C17H32N4O2. The van der Waals surface area contributed by atoms with Crippen LogP contribution in [0.2, 0.25) is 0 Å². The molecule has 2 saturated heterocycles. The highest BCUT2D eigenvalue weighted by Gasteiger charge is 2.18. The third-order valence-corrected chi connectivity index (χ3v) is 4.89. The van der Waals surface area contributed by atoms with E-state index in [4.69, 9.17) is 4.74 Å². The van der Waals surface area contributed by atoms with Gasteiger partial charge in [0.2, 0.25) is 5.91 Å². The van der Waals surface area contributed by atoms with Gasteiger partial charge in [-0.1, -0.05) is 0 Å². The standard InChI is InChI=1S/C17H32N4O2/c1-18-17(19-14-16(22)21-9-4-3-5-10-21)20(2)11-6-15-7-12-23-13-8-15/h15H,3-14H2,1-2H3,(H,18,19). The molecule has 1 amide bonds. The number of guanidine groups is 1. The van der Waals surface area contributed by atoms with Gasteiger partial charge in [-0.3, -0.25) is 9.79 Å². The van der Waals surface area contributed by atoms with Crippen molar-refractivity contribution in [3.63, 3.8) is 0 Å². The molecule has 0 bridgehead atoms. The van der Waals surface area contributed by atoms with Crippen molar-refractivity contribution in [2.24, 2.45) is 10.9 Å². The normalized spacial score (nSPS) is 20.4. The molecule has 0 aliphatic carbocycles. The van der Waals surface area contributed by atoms with Crippen molar-refractivity contribution in [3.8, 4) is 0 Å². The van der Waals surface area contributed by atoms with Gasteiger partial charge in [0.05, 0.1) is 6.54 Å². The first-order chi connectivity index (χ1) is 11.2. The van der Waals surface area contributed by atoms with E-state index in [1.165, 1.54) is 6.42 Å². The first-order valence-electron chi connectivity index (χ1n) is 8.98. The lowest BCUT2D eigenvalue weighted by Crippen LogP contribution is -2.46. The van der Waals surface area contributed by atoms with Gasteiger partial charge in [0.15, 0.2) is 5.96 Å². The molecule has 132 valence electrons. The van der Waals surface area contributed by atoms with Crippen LogP contribution >= 0.6 is 0 Å². The lowest BCUT2D eigenvalue weighted by atomic mass is 9.96. The summed E-state index contributed by atoms with van der Waals surface area (Å²) in [6.45, 7) is 4.89. The van der Waals surface area contributed by atoms with Crippen molar-refractivity contribution < 1.29 is 9.53 Å². The summed E-state index contributed by atoms with van der Waals surface area (Å²) in [5.41, 5.74) is 0. The molecule has 6 nitrogen and oxygen atoms in total. The van der Waals surface area contributed by atoms with E-state index in [0.717, 1.165) is 76.8 Å². The molecule has 2 rings (SSSR count). The Balaban J connectivity index is 1.69.